The van der Waals surface area contributed by atoms with Crippen molar-refractivity contribution in [3.63, 3.8) is 0 Å². The normalized spacial score (nSPS) is 15.4. The van der Waals surface area contributed by atoms with E-state index in [9.17, 15) is 9.59 Å². The van der Waals surface area contributed by atoms with Gasteiger partial charge in [0, 0.05) is 16.1 Å². The predicted octanol–water partition coefficient (Wildman–Crippen LogP) is 5.24. The molecule has 0 spiro atoms. The quantitative estimate of drug-likeness (QED) is 0.243. The number of rotatable bonds is 8. The highest BCUT2D eigenvalue weighted by atomic mass is 127. The highest BCUT2D eigenvalue weighted by Gasteiger charge is 2.35. The first kappa shape index (κ1) is 28.4. The molecule has 0 saturated carbocycles. The summed E-state index contributed by atoms with van der Waals surface area (Å²) in [6.07, 6.45) is 1.66. The molecule has 4 rings (SSSR count). The molecule has 38 heavy (non-hydrogen) atoms. The van der Waals surface area contributed by atoms with E-state index in [0.717, 1.165) is 3.57 Å². The molecule has 0 amide bonds. The second-order valence-electron chi connectivity index (χ2n) is 8.75. The SMILES string of the molecule is CCOC(=O)C1=C(C)N=c2s/c(=C\c3cc(Cl)cc(I)c3OCC)c(=O)n2[C@@H]1c1ccccc1OC(C)C. The number of nitrogens with zero attached hydrogens (tertiary/aromatic N) is 2. The van der Waals surface area contributed by atoms with Gasteiger partial charge in [-0.1, -0.05) is 41.1 Å². The van der Waals surface area contributed by atoms with Gasteiger partial charge in [0.1, 0.15) is 17.5 Å². The fourth-order valence-electron chi connectivity index (χ4n) is 4.28. The molecule has 3 aromatic rings. The third-order valence-electron chi connectivity index (χ3n) is 5.71. The maximum absolute atomic E-state index is 14.0. The van der Waals surface area contributed by atoms with Crippen molar-refractivity contribution in [3.05, 3.63) is 87.1 Å². The number of allylic oxidation sites excluding steroid dienone is 1. The Morgan fingerprint density at radius 1 is 1.24 bits per heavy atom. The average Bonchev–Trinajstić information content (AvgIpc) is 3.15. The van der Waals surface area contributed by atoms with Crippen LogP contribution < -0.4 is 24.4 Å². The number of thiazole rings is 1. The molecule has 1 atom stereocenters. The van der Waals surface area contributed by atoms with Crippen molar-refractivity contribution >= 4 is 57.6 Å². The molecule has 10 heteroatoms. The summed E-state index contributed by atoms with van der Waals surface area (Å²) in [6, 6.07) is 10.2. The van der Waals surface area contributed by atoms with Gasteiger partial charge in [-0.3, -0.25) is 9.36 Å². The smallest absolute Gasteiger partial charge is 0.338 e. The molecule has 1 aliphatic rings. The van der Waals surface area contributed by atoms with Crippen molar-refractivity contribution in [1.29, 1.82) is 0 Å². The average molecular weight is 667 g/mol. The van der Waals surface area contributed by atoms with Gasteiger partial charge in [0.2, 0.25) is 0 Å². The van der Waals surface area contributed by atoms with Crippen LogP contribution in [0.3, 0.4) is 0 Å². The number of hydrogen-bond acceptors (Lipinski definition) is 7. The summed E-state index contributed by atoms with van der Waals surface area (Å²) in [4.78, 5) is 32.3. The number of fused-ring (bicyclic) bond motifs is 1. The van der Waals surface area contributed by atoms with Crippen molar-refractivity contribution in [2.45, 2.75) is 46.8 Å². The van der Waals surface area contributed by atoms with Crippen LogP contribution in [0.15, 0.2) is 57.5 Å². The molecule has 0 saturated heterocycles. The molecule has 2 aromatic carbocycles. The molecule has 0 aliphatic carbocycles. The van der Waals surface area contributed by atoms with Crippen LogP contribution in [0, 0.1) is 3.57 Å². The standard InChI is InChI=1S/C28H28ClIN2O5S/c1-6-35-25-17(12-18(29)14-20(25)30)13-22-26(33)32-24(19-10-8-9-11-21(19)37-15(3)4)23(27(34)36-7-2)16(5)31-28(32)38-22/h8-15,24H,6-7H2,1-5H3/b22-13-/t24-/m1/s1. The second-order valence-corrected chi connectivity index (χ2v) is 11.4. The number of para-hydroxylation sites is 1. The fraction of sp³-hybridized carbons (Fsp3) is 0.321. The Morgan fingerprint density at radius 3 is 2.66 bits per heavy atom. The van der Waals surface area contributed by atoms with Gasteiger partial charge in [-0.05, 0) is 81.5 Å². The Kier molecular flexibility index (Phi) is 9.00. The van der Waals surface area contributed by atoms with Gasteiger partial charge >= 0.3 is 5.97 Å². The molecule has 1 aromatic heterocycles. The molecule has 2 heterocycles. The molecule has 0 N–H and O–H groups in total. The molecular formula is C28H28ClIN2O5S. The van der Waals surface area contributed by atoms with Crippen LogP contribution in [0.2, 0.25) is 5.02 Å². The molecule has 0 radical (unpaired) electrons. The molecular weight excluding hydrogens is 639 g/mol. The Morgan fingerprint density at radius 2 is 1.97 bits per heavy atom. The van der Waals surface area contributed by atoms with Gasteiger partial charge in [0.05, 0.1) is 38.7 Å². The van der Waals surface area contributed by atoms with Crippen LogP contribution >= 0.6 is 45.5 Å². The van der Waals surface area contributed by atoms with E-state index in [1.807, 2.05) is 51.1 Å². The predicted molar refractivity (Wildman–Crippen MR) is 158 cm³/mol. The maximum atomic E-state index is 14.0. The van der Waals surface area contributed by atoms with Gasteiger partial charge in [0.15, 0.2) is 4.80 Å². The number of carbonyl (C=O) groups excluding carboxylic acids is 1. The lowest BCUT2D eigenvalue weighted by atomic mass is 9.95. The summed E-state index contributed by atoms with van der Waals surface area (Å²) in [6.45, 7) is 9.93. The summed E-state index contributed by atoms with van der Waals surface area (Å²) >= 11 is 9.76. The van der Waals surface area contributed by atoms with Gasteiger partial charge in [-0.25, -0.2) is 9.79 Å². The highest BCUT2D eigenvalue weighted by Crippen LogP contribution is 2.36. The van der Waals surface area contributed by atoms with Crippen molar-refractivity contribution in [1.82, 2.24) is 4.57 Å². The molecule has 200 valence electrons. The van der Waals surface area contributed by atoms with E-state index >= 15 is 0 Å². The van der Waals surface area contributed by atoms with E-state index in [2.05, 4.69) is 27.6 Å². The molecule has 0 fully saturated rings. The first-order chi connectivity index (χ1) is 18.2. The van der Waals surface area contributed by atoms with Gasteiger partial charge in [0.25, 0.3) is 5.56 Å². The van der Waals surface area contributed by atoms with Gasteiger partial charge in [-0.2, -0.15) is 0 Å². The molecule has 0 bridgehead atoms. The zero-order valence-corrected chi connectivity index (χ0v) is 25.4. The highest BCUT2D eigenvalue weighted by molar-refractivity contribution is 14.1. The lowest BCUT2D eigenvalue weighted by Crippen LogP contribution is -2.40. The summed E-state index contributed by atoms with van der Waals surface area (Å²) in [5.74, 6) is 0.718. The number of esters is 1. The maximum Gasteiger partial charge on any atom is 0.338 e. The van der Waals surface area contributed by atoms with Gasteiger partial charge in [-0.15, -0.1) is 0 Å². The number of benzene rings is 2. The second kappa shape index (κ2) is 12.0. The summed E-state index contributed by atoms with van der Waals surface area (Å²) in [7, 11) is 0. The third-order valence-corrected chi connectivity index (χ3v) is 7.71. The van der Waals surface area contributed by atoms with Crippen molar-refractivity contribution < 1.29 is 19.0 Å². The topological polar surface area (TPSA) is 79.1 Å². The number of ether oxygens (including phenoxy) is 3. The number of hydrogen-bond donors (Lipinski definition) is 0. The van der Waals surface area contributed by atoms with Crippen LogP contribution in [0.25, 0.3) is 6.08 Å². The summed E-state index contributed by atoms with van der Waals surface area (Å²) in [5, 5.41) is 0.537. The van der Waals surface area contributed by atoms with Crippen molar-refractivity contribution in [2.75, 3.05) is 13.2 Å². The molecule has 0 unspecified atom stereocenters. The van der Waals surface area contributed by atoms with Crippen LogP contribution in [0.1, 0.15) is 51.8 Å². The van der Waals surface area contributed by atoms with E-state index in [-0.39, 0.29) is 18.3 Å². The Hall–Kier alpha value is -2.63. The van der Waals surface area contributed by atoms with Crippen LogP contribution in [-0.2, 0) is 9.53 Å². The van der Waals surface area contributed by atoms with Crippen LogP contribution in [-0.4, -0.2) is 29.9 Å². The third kappa shape index (κ3) is 5.69. The lowest BCUT2D eigenvalue weighted by Gasteiger charge is -2.26. The molecule has 1 aliphatic heterocycles. The fourth-order valence-corrected chi connectivity index (χ4v) is 6.53. The van der Waals surface area contributed by atoms with E-state index in [1.54, 1.807) is 30.6 Å². The van der Waals surface area contributed by atoms with E-state index in [4.69, 9.17) is 25.8 Å². The van der Waals surface area contributed by atoms with Crippen LogP contribution in [0.4, 0.5) is 0 Å². The Balaban J connectivity index is 2.01. The minimum atomic E-state index is -0.770. The summed E-state index contributed by atoms with van der Waals surface area (Å²) in [5.41, 5.74) is 1.88. The number of halogens is 2. The van der Waals surface area contributed by atoms with Gasteiger partial charge < -0.3 is 14.2 Å². The lowest BCUT2D eigenvalue weighted by molar-refractivity contribution is -0.139. The summed E-state index contributed by atoms with van der Waals surface area (Å²) < 4.78 is 20.2. The van der Waals surface area contributed by atoms with Crippen molar-refractivity contribution in [2.24, 2.45) is 4.99 Å². The van der Waals surface area contributed by atoms with Crippen LogP contribution in [0.5, 0.6) is 11.5 Å². The zero-order chi connectivity index (χ0) is 27.6. The Bertz CT molecular complexity index is 1590. The number of aromatic nitrogens is 1. The molecule has 7 nitrogen and oxygen atoms in total. The Labute approximate surface area is 243 Å². The minimum Gasteiger partial charge on any atom is -0.492 e. The first-order valence-electron chi connectivity index (χ1n) is 12.2. The zero-order valence-electron chi connectivity index (χ0n) is 21.7. The monoisotopic (exact) mass is 666 g/mol. The van der Waals surface area contributed by atoms with E-state index in [1.165, 1.54) is 11.3 Å². The van der Waals surface area contributed by atoms with E-state index < -0.39 is 12.0 Å². The van der Waals surface area contributed by atoms with E-state index in [0.29, 0.717) is 54.9 Å². The number of carbonyl (C=O) groups is 1. The van der Waals surface area contributed by atoms with Crippen molar-refractivity contribution in [3.8, 4) is 11.5 Å². The minimum absolute atomic E-state index is 0.106. The largest absolute Gasteiger partial charge is 0.492 e. The first-order valence-corrected chi connectivity index (χ1v) is 14.5.